The van der Waals surface area contributed by atoms with Crippen LogP contribution in [-0.2, 0) is 9.47 Å². The van der Waals surface area contributed by atoms with E-state index in [1.54, 1.807) is 0 Å². The van der Waals surface area contributed by atoms with Gasteiger partial charge in [0.25, 0.3) is 0 Å². The van der Waals surface area contributed by atoms with Gasteiger partial charge in [0.05, 0.1) is 12.2 Å². The van der Waals surface area contributed by atoms with Crippen LogP contribution >= 0.6 is 0 Å². The lowest BCUT2D eigenvalue weighted by molar-refractivity contribution is -0.159. The van der Waals surface area contributed by atoms with Gasteiger partial charge in [-0.05, 0) is 37.5 Å². The Morgan fingerprint density at radius 1 is 0.818 bits per heavy atom. The molecule has 1 saturated heterocycles. The number of rotatable bonds is 0. The Morgan fingerprint density at radius 3 is 1.73 bits per heavy atom. The zero-order valence-electron chi connectivity index (χ0n) is 6.78. The smallest absolute Gasteiger partial charge is 0.163 e. The molecular weight excluding hydrogens is 140 g/mol. The minimum Gasteiger partial charge on any atom is -0.344 e. The second-order valence-corrected chi connectivity index (χ2v) is 4.87. The lowest BCUT2D eigenvalue weighted by Crippen LogP contribution is -2.24. The van der Waals surface area contributed by atoms with Gasteiger partial charge in [0.2, 0.25) is 0 Å². The normalized spacial score (nSPS) is 72.5. The van der Waals surface area contributed by atoms with Crippen LogP contribution in [-0.4, -0.2) is 18.0 Å². The molecule has 4 atom stereocenters. The molecule has 0 aromatic carbocycles. The van der Waals surface area contributed by atoms with Crippen LogP contribution in [0.1, 0.15) is 13.8 Å². The molecule has 5 rings (SSSR count). The lowest BCUT2D eigenvalue weighted by Gasteiger charge is -2.19. The summed E-state index contributed by atoms with van der Waals surface area (Å²) in [7, 11) is 0. The monoisotopic (exact) mass is 152 g/mol. The van der Waals surface area contributed by atoms with Crippen LogP contribution in [0.25, 0.3) is 0 Å². The standard InChI is InChI=1S/C9H12O2/c1-9(2)10-7-5-3-4(5)6(3)8(7)11-9/h3-8H,1-2H3/t3?,4?,5?,6?,7-,8+. The number of ether oxygens (including phenoxy) is 2. The maximum Gasteiger partial charge on any atom is 0.163 e. The molecular formula is C9H12O2. The van der Waals surface area contributed by atoms with Crippen LogP contribution in [0.2, 0.25) is 0 Å². The SMILES string of the molecule is CC1(C)O[C@@H]2C3C4C3C4[C@@H]2O1. The topological polar surface area (TPSA) is 18.5 Å². The third-order valence-electron chi connectivity index (χ3n) is 3.86. The molecule has 60 valence electrons. The van der Waals surface area contributed by atoms with Crippen molar-refractivity contribution < 1.29 is 9.47 Å². The first kappa shape index (κ1) is 5.55. The molecule has 0 aromatic rings. The van der Waals surface area contributed by atoms with Gasteiger partial charge in [-0.1, -0.05) is 0 Å². The van der Waals surface area contributed by atoms with E-state index in [9.17, 15) is 0 Å². The van der Waals surface area contributed by atoms with Crippen LogP contribution in [0.15, 0.2) is 0 Å². The maximum atomic E-state index is 5.83. The molecule has 2 nitrogen and oxygen atoms in total. The van der Waals surface area contributed by atoms with E-state index in [1.807, 2.05) is 13.8 Å². The highest BCUT2D eigenvalue weighted by atomic mass is 16.8. The Bertz CT molecular complexity index is 216. The van der Waals surface area contributed by atoms with Crippen LogP contribution in [0.4, 0.5) is 0 Å². The van der Waals surface area contributed by atoms with Gasteiger partial charge in [-0.2, -0.15) is 0 Å². The second-order valence-electron chi connectivity index (χ2n) is 4.87. The first-order valence-corrected chi connectivity index (χ1v) is 4.55. The summed E-state index contributed by atoms with van der Waals surface area (Å²) in [6.45, 7) is 4.06. The second kappa shape index (κ2) is 1.17. The minimum absolute atomic E-state index is 0.286. The molecule has 2 unspecified atom stereocenters. The highest BCUT2D eigenvalue weighted by molar-refractivity contribution is 5.33. The highest BCUT2D eigenvalue weighted by Crippen LogP contribution is 2.84. The summed E-state index contributed by atoms with van der Waals surface area (Å²) in [6.07, 6.45) is 0.954. The summed E-state index contributed by atoms with van der Waals surface area (Å²) in [5.41, 5.74) is 0. The fourth-order valence-corrected chi connectivity index (χ4v) is 3.43. The van der Waals surface area contributed by atoms with Crippen LogP contribution in [0.3, 0.4) is 0 Å². The summed E-state index contributed by atoms with van der Waals surface area (Å²) in [6, 6.07) is 0. The molecule has 0 aromatic heterocycles. The van der Waals surface area contributed by atoms with Crippen molar-refractivity contribution in [2.24, 2.45) is 23.7 Å². The summed E-state index contributed by atoms with van der Waals surface area (Å²) in [4.78, 5) is 0. The minimum atomic E-state index is -0.286. The van der Waals surface area contributed by atoms with E-state index in [0.717, 1.165) is 23.7 Å². The molecule has 4 saturated carbocycles. The highest BCUT2D eigenvalue weighted by Gasteiger charge is 2.87. The molecule has 2 bridgehead atoms. The van der Waals surface area contributed by atoms with Gasteiger partial charge in [0.1, 0.15) is 0 Å². The van der Waals surface area contributed by atoms with E-state index < -0.39 is 0 Å². The Hall–Kier alpha value is -0.0800. The number of hydrogen-bond acceptors (Lipinski definition) is 2. The van der Waals surface area contributed by atoms with Gasteiger partial charge in [-0.25, -0.2) is 0 Å². The fraction of sp³-hybridized carbons (Fsp3) is 1.00. The van der Waals surface area contributed by atoms with Gasteiger partial charge < -0.3 is 9.47 Å². The van der Waals surface area contributed by atoms with Crippen molar-refractivity contribution in [3.8, 4) is 0 Å². The first-order chi connectivity index (χ1) is 5.19. The predicted octanol–water partition coefficient (Wildman–Crippen LogP) is 1.01. The van der Waals surface area contributed by atoms with Gasteiger partial charge in [-0.15, -0.1) is 0 Å². The van der Waals surface area contributed by atoms with Crippen molar-refractivity contribution in [1.82, 2.24) is 0 Å². The van der Waals surface area contributed by atoms with Gasteiger partial charge in [0, 0.05) is 0 Å². The van der Waals surface area contributed by atoms with Crippen molar-refractivity contribution in [3.05, 3.63) is 0 Å². The molecule has 5 fully saturated rings. The Balaban J connectivity index is 1.72. The van der Waals surface area contributed by atoms with E-state index in [2.05, 4.69) is 0 Å². The van der Waals surface area contributed by atoms with E-state index >= 15 is 0 Å². The molecule has 11 heavy (non-hydrogen) atoms. The van der Waals surface area contributed by atoms with Crippen LogP contribution in [0.5, 0.6) is 0 Å². The van der Waals surface area contributed by atoms with Crippen molar-refractivity contribution in [3.63, 3.8) is 0 Å². The Labute approximate surface area is 65.9 Å². The van der Waals surface area contributed by atoms with Gasteiger partial charge in [0.15, 0.2) is 5.79 Å². The van der Waals surface area contributed by atoms with E-state index in [0.29, 0.717) is 12.2 Å². The maximum absolute atomic E-state index is 5.83. The summed E-state index contributed by atoms with van der Waals surface area (Å²) in [5.74, 6) is 3.59. The third kappa shape index (κ3) is 0.433. The summed E-state index contributed by atoms with van der Waals surface area (Å²) in [5, 5.41) is 0. The average Bonchev–Trinajstić information content (AvgIpc) is 2.61. The summed E-state index contributed by atoms with van der Waals surface area (Å²) < 4.78 is 11.7. The van der Waals surface area contributed by atoms with E-state index in [-0.39, 0.29) is 5.79 Å². The molecule has 0 spiro atoms. The predicted molar refractivity (Wildman–Crippen MR) is 37.8 cm³/mol. The quantitative estimate of drug-likeness (QED) is 0.516. The van der Waals surface area contributed by atoms with Gasteiger partial charge in [-0.3, -0.25) is 0 Å². The van der Waals surface area contributed by atoms with Crippen molar-refractivity contribution in [2.75, 3.05) is 0 Å². The number of hydrogen-bond donors (Lipinski definition) is 0. The fourth-order valence-electron chi connectivity index (χ4n) is 3.43. The van der Waals surface area contributed by atoms with Crippen molar-refractivity contribution in [2.45, 2.75) is 31.8 Å². The molecule has 0 amide bonds. The Morgan fingerprint density at radius 2 is 1.27 bits per heavy atom. The van der Waals surface area contributed by atoms with Crippen molar-refractivity contribution in [1.29, 1.82) is 0 Å². The molecule has 5 aliphatic rings. The van der Waals surface area contributed by atoms with Gasteiger partial charge >= 0.3 is 0 Å². The molecule has 4 aliphatic carbocycles. The zero-order valence-corrected chi connectivity index (χ0v) is 6.78. The van der Waals surface area contributed by atoms with Crippen molar-refractivity contribution >= 4 is 0 Å². The Kier molecular flexibility index (Phi) is 0.592. The lowest BCUT2D eigenvalue weighted by atomic mass is 10.2. The largest absolute Gasteiger partial charge is 0.344 e. The first-order valence-electron chi connectivity index (χ1n) is 4.55. The molecule has 0 radical (unpaired) electrons. The average molecular weight is 152 g/mol. The zero-order chi connectivity index (χ0) is 7.38. The molecule has 1 aliphatic heterocycles. The molecule has 1 heterocycles. The third-order valence-corrected chi connectivity index (χ3v) is 3.86. The molecule has 0 N–H and O–H groups in total. The van der Waals surface area contributed by atoms with Crippen LogP contribution in [0, 0.1) is 23.7 Å². The molecule has 2 heteroatoms. The van der Waals surface area contributed by atoms with E-state index in [1.165, 1.54) is 0 Å². The van der Waals surface area contributed by atoms with E-state index in [4.69, 9.17) is 9.47 Å². The summed E-state index contributed by atoms with van der Waals surface area (Å²) >= 11 is 0. The van der Waals surface area contributed by atoms with Crippen LogP contribution < -0.4 is 0 Å².